The topological polar surface area (TPSA) is 117 Å². The third-order valence-electron chi connectivity index (χ3n) is 6.83. The maximum absolute atomic E-state index is 13.8. The number of hydrogen-bond acceptors (Lipinski definition) is 9. The molecule has 1 N–H and O–H groups in total. The molecule has 0 unspecified atom stereocenters. The molecule has 13 heteroatoms. The van der Waals surface area contributed by atoms with Gasteiger partial charge in [-0.3, -0.25) is 9.69 Å². The largest absolute Gasteiger partial charge is 0.493 e. The Hall–Kier alpha value is -4.39. The number of anilines is 2. The molecule has 1 aliphatic rings. The van der Waals surface area contributed by atoms with Gasteiger partial charge in [-0.25, -0.2) is 9.97 Å². The molecule has 4 aromatic rings. The smallest absolute Gasteiger partial charge is 0.295 e. The summed E-state index contributed by atoms with van der Waals surface area (Å²) in [4.78, 5) is 31.7. The van der Waals surface area contributed by atoms with Gasteiger partial charge >= 0.3 is 0 Å². The first-order valence-corrected chi connectivity index (χ1v) is 15.4. The lowest BCUT2D eigenvalue weighted by Gasteiger charge is -2.34. The molecular formula is C30H31ClN6O5S. The number of halogens is 1. The Kier molecular flexibility index (Phi) is 9.60. The van der Waals surface area contributed by atoms with Crippen molar-refractivity contribution in [1.29, 1.82) is 0 Å². The van der Waals surface area contributed by atoms with E-state index in [-0.39, 0.29) is 28.0 Å². The second kappa shape index (κ2) is 13.7. The molecule has 0 atom stereocenters. The zero-order valence-electron chi connectivity index (χ0n) is 23.5. The second-order valence-electron chi connectivity index (χ2n) is 9.61. The van der Waals surface area contributed by atoms with Gasteiger partial charge in [0.2, 0.25) is 5.95 Å². The van der Waals surface area contributed by atoms with Gasteiger partial charge in [0.1, 0.15) is 0 Å². The van der Waals surface area contributed by atoms with Gasteiger partial charge in [0.05, 0.1) is 17.7 Å². The van der Waals surface area contributed by atoms with Crippen molar-refractivity contribution in [3.8, 4) is 11.5 Å². The van der Waals surface area contributed by atoms with Crippen LogP contribution in [0.25, 0.3) is 0 Å². The normalized spacial score (nSPS) is 13.8. The fourth-order valence-corrected chi connectivity index (χ4v) is 5.94. The summed E-state index contributed by atoms with van der Waals surface area (Å²) < 4.78 is 33.7. The van der Waals surface area contributed by atoms with Crippen LogP contribution in [0.15, 0.2) is 96.2 Å². The van der Waals surface area contributed by atoms with Gasteiger partial charge in [0, 0.05) is 68.3 Å². The summed E-state index contributed by atoms with van der Waals surface area (Å²) in [6.45, 7) is 4.44. The van der Waals surface area contributed by atoms with E-state index in [2.05, 4.69) is 25.1 Å². The number of carbonyl (C=O) groups excluding carboxylic acids is 1. The van der Waals surface area contributed by atoms with Gasteiger partial charge in [-0.2, -0.15) is 8.42 Å². The number of methoxy groups -OCH3 is 1. The Bertz CT molecular complexity index is 1620. The van der Waals surface area contributed by atoms with Gasteiger partial charge in [0.15, 0.2) is 11.5 Å². The summed E-state index contributed by atoms with van der Waals surface area (Å²) in [6, 6.07) is 20.5. The molecule has 1 aromatic heterocycles. The van der Waals surface area contributed by atoms with Crippen molar-refractivity contribution in [2.75, 3.05) is 55.7 Å². The van der Waals surface area contributed by atoms with E-state index in [9.17, 15) is 13.2 Å². The molecule has 1 saturated heterocycles. The van der Waals surface area contributed by atoms with Crippen LogP contribution in [0.3, 0.4) is 0 Å². The number of piperazine rings is 1. The first kappa shape index (κ1) is 30.1. The number of benzene rings is 3. The van der Waals surface area contributed by atoms with Crippen molar-refractivity contribution in [2.24, 2.45) is 0 Å². The van der Waals surface area contributed by atoms with Crippen LogP contribution in [0.2, 0.25) is 5.02 Å². The highest BCUT2D eigenvalue weighted by atomic mass is 35.5. The van der Waals surface area contributed by atoms with E-state index in [4.69, 9.17) is 21.2 Å². The Morgan fingerprint density at radius 2 is 1.63 bits per heavy atom. The van der Waals surface area contributed by atoms with Gasteiger partial charge in [-0.05, 0) is 54.6 Å². The summed E-state index contributed by atoms with van der Waals surface area (Å²) in [5.74, 6) is 0.860. The summed E-state index contributed by atoms with van der Waals surface area (Å²) in [5, 5.41) is 3.33. The molecule has 43 heavy (non-hydrogen) atoms. The molecule has 0 saturated carbocycles. The lowest BCUT2D eigenvalue weighted by atomic mass is 10.2. The molecule has 224 valence electrons. The average molecular weight is 623 g/mol. The van der Waals surface area contributed by atoms with Gasteiger partial charge in [0.25, 0.3) is 15.9 Å². The van der Waals surface area contributed by atoms with Crippen LogP contribution in [0, 0.1) is 0 Å². The maximum atomic E-state index is 13.8. The number of ether oxygens (including phenoxy) is 1. The fraction of sp³-hybridized carbons (Fsp3) is 0.233. The Labute approximate surface area is 255 Å². The highest BCUT2D eigenvalue weighted by Crippen LogP contribution is 2.34. The highest BCUT2D eigenvalue weighted by Gasteiger charge is 2.29. The quantitative estimate of drug-likeness (QED) is 0.249. The van der Waals surface area contributed by atoms with Crippen LogP contribution < -0.4 is 24.3 Å². The number of sulfonamides is 1. The minimum absolute atomic E-state index is 0.0545. The van der Waals surface area contributed by atoms with E-state index in [1.807, 2.05) is 0 Å². The van der Waals surface area contributed by atoms with Crippen molar-refractivity contribution in [2.45, 2.75) is 4.90 Å². The molecular weight excluding hydrogens is 592 g/mol. The number of hydrogen-bond donors (Lipinski definition) is 1. The number of rotatable bonds is 11. The van der Waals surface area contributed by atoms with Gasteiger partial charge in [-0.1, -0.05) is 34.3 Å². The summed E-state index contributed by atoms with van der Waals surface area (Å²) in [6.07, 6.45) is 3.47. The number of nitrogens with zero attached hydrogens (tertiary/aromatic N) is 5. The first-order valence-electron chi connectivity index (χ1n) is 13.6. The van der Waals surface area contributed by atoms with Crippen molar-refractivity contribution < 1.29 is 22.8 Å². The van der Waals surface area contributed by atoms with E-state index in [0.29, 0.717) is 23.7 Å². The zero-order valence-corrected chi connectivity index (χ0v) is 25.0. The van der Waals surface area contributed by atoms with Crippen LogP contribution in [0.5, 0.6) is 11.5 Å². The molecule has 1 fully saturated rings. The molecule has 0 spiro atoms. The minimum Gasteiger partial charge on any atom is -0.493 e. The Morgan fingerprint density at radius 3 is 2.30 bits per heavy atom. The molecule has 0 radical (unpaired) electrons. The van der Waals surface area contributed by atoms with Crippen molar-refractivity contribution in [1.82, 2.24) is 20.2 Å². The number of amides is 1. The Morgan fingerprint density at radius 1 is 0.930 bits per heavy atom. The molecule has 3 aromatic carbocycles. The van der Waals surface area contributed by atoms with Crippen molar-refractivity contribution in [3.63, 3.8) is 0 Å². The first-order chi connectivity index (χ1) is 20.8. The van der Waals surface area contributed by atoms with Crippen molar-refractivity contribution >= 4 is 39.2 Å². The monoisotopic (exact) mass is 622 g/mol. The number of aromatic nitrogens is 2. The van der Waals surface area contributed by atoms with Crippen LogP contribution in [-0.4, -0.2) is 75.6 Å². The molecule has 1 aliphatic heterocycles. The third-order valence-corrected chi connectivity index (χ3v) is 8.65. The maximum Gasteiger partial charge on any atom is 0.295 e. The fourth-order valence-electron chi connectivity index (χ4n) is 4.53. The zero-order chi connectivity index (χ0) is 30.2. The molecule has 11 nitrogen and oxygen atoms in total. The van der Waals surface area contributed by atoms with Gasteiger partial charge in [-0.15, -0.1) is 0 Å². The van der Waals surface area contributed by atoms with Crippen molar-refractivity contribution in [3.05, 3.63) is 102 Å². The minimum atomic E-state index is -4.21. The van der Waals surface area contributed by atoms with E-state index < -0.39 is 10.0 Å². The summed E-state index contributed by atoms with van der Waals surface area (Å²) in [7, 11) is -2.78. The van der Waals surface area contributed by atoms with Crippen LogP contribution in [0.4, 0.5) is 11.6 Å². The average Bonchev–Trinajstić information content (AvgIpc) is 3.05. The van der Waals surface area contributed by atoms with E-state index in [0.717, 1.165) is 36.6 Å². The number of para-hydroxylation sites is 1. The predicted octanol–water partition coefficient (Wildman–Crippen LogP) is 3.88. The number of nitrogens with one attached hydrogen (secondary N) is 1. The Balaban J connectivity index is 1.21. The second-order valence-corrected chi connectivity index (χ2v) is 11.8. The summed E-state index contributed by atoms with van der Waals surface area (Å²) in [5.41, 5.74) is 0.620. The summed E-state index contributed by atoms with van der Waals surface area (Å²) >= 11 is 6.06. The van der Waals surface area contributed by atoms with Crippen LogP contribution >= 0.6 is 11.6 Å². The molecule has 1 amide bonds. The van der Waals surface area contributed by atoms with E-state index in [1.54, 1.807) is 54.9 Å². The third kappa shape index (κ3) is 7.34. The van der Waals surface area contributed by atoms with Gasteiger partial charge < -0.3 is 19.8 Å². The molecule has 0 aliphatic carbocycles. The standard InChI is InChI=1S/C30H31ClN6O5S/c1-41-28-22-24(31)10-13-27(28)42-37(25-6-3-2-4-7-25)43(39,40)26-11-8-23(9-12-26)29(38)32-16-17-35-18-20-36(21-19-35)30-33-14-5-15-34-30/h2-15,22H,16-21H2,1H3,(H,32,38). The lowest BCUT2D eigenvalue weighted by Crippen LogP contribution is -2.49. The lowest BCUT2D eigenvalue weighted by molar-refractivity contribution is 0.0947. The SMILES string of the molecule is COc1cc(Cl)ccc1ON(c1ccccc1)S(=O)(=O)c1ccc(C(=O)NCCN2CCN(c3ncccn3)CC2)cc1. The van der Waals surface area contributed by atoms with E-state index >= 15 is 0 Å². The predicted molar refractivity (Wildman–Crippen MR) is 164 cm³/mol. The van der Waals surface area contributed by atoms with E-state index in [1.165, 1.54) is 43.5 Å². The molecule has 0 bridgehead atoms. The highest BCUT2D eigenvalue weighted by molar-refractivity contribution is 7.92. The van der Waals surface area contributed by atoms with Crippen LogP contribution in [-0.2, 0) is 10.0 Å². The molecule has 2 heterocycles. The number of carbonyl (C=O) groups is 1. The van der Waals surface area contributed by atoms with Crippen LogP contribution in [0.1, 0.15) is 10.4 Å². The molecule has 5 rings (SSSR count).